The SMILES string of the molecule is Cc1cc(O)c(C(=O)/C=C/c2cn(-c3ccccc3)nc2-c2ccncc2)c(=O)o1. The van der Waals surface area contributed by atoms with E-state index >= 15 is 0 Å². The molecule has 1 aromatic carbocycles. The number of rotatable bonds is 5. The first kappa shape index (κ1) is 19.1. The van der Waals surface area contributed by atoms with Crippen LogP contribution < -0.4 is 5.63 Å². The summed E-state index contributed by atoms with van der Waals surface area (Å²) in [7, 11) is 0. The largest absolute Gasteiger partial charge is 0.507 e. The van der Waals surface area contributed by atoms with Gasteiger partial charge in [-0.25, -0.2) is 9.48 Å². The van der Waals surface area contributed by atoms with Gasteiger partial charge >= 0.3 is 5.63 Å². The predicted octanol–water partition coefficient (Wildman–Crippen LogP) is 3.80. The molecular weight excluding hydrogens is 382 g/mol. The van der Waals surface area contributed by atoms with Gasteiger partial charge in [-0.15, -0.1) is 0 Å². The quantitative estimate of drug-likeness (QED) is 0.405. The third-order valence-corrected chi connectivity index (χ3v) is 4.43. The van der Waals surface area contributed by atoms with Crippen molar-refractivity contribution in [2.45, 2.75) is 6.92 Å². The first-order valence-corrected chi connectivity index (χ1v) is 9.14. The summed E-state index contributed by atoms with van der Waals surface area (Å²) in [5, 5.41) is 14.6. The number of aryl methyl sites for hydroxylation is 1. The molecule has 0 saturated heterocycles. The fraction of sp³-hybridized carbons (Fsp3) is 0.0435. The van der Waals surface area contributed by atoms with Gasteiger partial charge in [0, 0.05) is 35.8 Å². The second kappa shape index (κ2) is 8.00. The van der Waals surface area contributed by atoms with Gasteiger partial charge in [-0.2, -0.15) is 5.10 Å². The summed E-state index contributed by atoms with van der Waals surface area (Å²) in [6.45, 7) is 1.52. The van der Waals surface area contributed by atoms with Gasteiger partial charge in [-0.05, 0) is 43.3 Å². The molecule has 7 nitrogen and oxygen atoms in total. The Hall–Kier alpha value is -4.26. The summed E-state index contributed by atoms with van der Waals surface area (Å²) in [6.07, 6.45) is 7.88. The average Bonchev–Trinajstić information content (AvgIpc) is 3.17. The van der Waals surface area contributed by atoms with Gasteiger partial charge in [-0.3, -0.25) is 9.78 Å². The zero-order valence-corrected chi connectivity index (χ0v) is 16.0. The molecule has 0 aliphatic carbocycles. The third-order valence-electron chi connectivity index (χ3n) is 4.43. The molecule has 7 heteroatoms. The lowest BCUT2D eigenvalue weighted by Gasteiger charge is -2.00. The van der Waals surface area contributed by atoms with E-state index in [1.807, 2.05) is 42.5 Å². The number of nitrogens with zero attached hydrogens (tertiary/aromatic N) is 3. The molecule has 0 aliphatic rings. The second-order valence-corrected chi connectivity index (χ2v) is 6.55. The predicted molar refractivity (Wildman–Crippen MR) is 112 cm³/mol. The van der Waals surface area contributed by atoms with Gasteiger partial charge in [-0.1, -0.05) is 18.2 Å². The fourth-order valence-corrected chi connectivity index (χ4v) is 3.03. The molecule has 4 aromatic rings. The van der Waals surface area contributed by atoms with Crippen LogP contribution >= 0.6 is 0 Å². The van der Waals surface area contributed by atoms with E-state index in [2.05, 4.69) is 10.1 Å². The average molecular weight is 399 g/mol. The van der Waals surface area contributed by atoms with E-state index < -0.39 is 22.7 Å². The maximum absolute atomic E-state index is 12.6. The summed E-state index contributed by atoms with van der Waals surface area (Å²) >= 11 is 0. The molecular formula is C23H17N3O4. The zero-order chi connectivity index (χ0) is 21.1. The van der Waals surface area contributed by atoms with Crippen LogP contribution in [0.5, 0.6) is 5.75 Å². The second-order valence-electron chi connectivity index (χ2n) is 6.55. The van der Waals surface area contributed by atoms with Gasteiger partial charge in [0.1, 0.15) is 22.8 Å². The highest BCUT2D eigenvalue weighted by Crippen LogP contribution is 2.25. The van der Waals surface area contributed by atoms with Crippen LogP contribution in [0.1, 0.15) is 21.7 Å². The molecule has 30 heavy (non-hydrogen) atoms. The van der Waals surface area contributed by atoms with E-state index in [1.165, 1.54) is 19.1 Å². The molecule has 0 fully saturated rings. The van der Waals surface area contributed by atoms with Crippen molar-refractivity contribution in [3.8, 4) is 22.7 Å². The maximum Gasteiger partial charge on any atom is 0.351 e. The van der Waals surface area contributed by atoms with Crippen molar-refractivity contribution in [3.05, 3.63) is 101 Å². The van der Waals surface area contributed by atoms with Crippen molar-refractivity contribution < 1.29 is 14.3 Å². The minimum atomic E-state index is -0.878. The smallest absolute Gasteiger partial charge is 0.351 e. The molecule has 0 saturated carbocycles. The number of aromatic hydroxyl groups is 1. The highest BCUT2D eigenvalue weighted by atomic mass is 16.4. The summed E-state index contributed by atoms with van der Waals surface area (Å²) in [5.74, 6) is -0.843. The zero-order valence-electron chi connectivity index (χ0n) is 16.0. The lowest BCUT2D eigenvalue weighted by atomic mass is 10.1. The van der Waals surface area contributed by atoms with Crippen molar-refractivity contribution in [3.63, 3.8) is 0 Å². The van der Waals surface area contributed by atoms with Gasteiger partial charge < -0.3 is 9.52 Å². The van der Waals surface area contributed by atoms with Crippen LogP contribution in [0.2, 0.25) is 0 Å². The van der Waals surface area contributed by atoms with Crippen LogP contribution in [0.3, 0.4) is 0 Å². The number of carbonyl (C=O) groups excluding carboxylic acids is 1. The van der Waals surface area contributed by atoms with E-state index in [1.54, 1.807) is 29.3 Å². The molecule has 3 aromatic heterocycles. The lowest BCUT2D eigenvalue weighted by Crippen LogP contribution is -2.12. The van der Waals surface area contributed by atoms with Crippen LogP contribution in [-0.4, -0.2) is 25.7 Å². The topological polar surface area (TPSA) is 98.2 Å². The summed E-state index contributed by atoms with van der Waals surface area (Å²) in [6, 6.07) is 14.4. The van der Waals surface area contributed by atoms with Gasteiger partial charge in [0.05, 0.1) is 5.69 Å². The monoisotopic (exact) mass is 399 g/mol. The molecule has 1 N–H and O–H groups in total. The first-order valence-electron chi connectivity index (χ1n) is 9.14. The number of carbonyl (C=O) groups is 1. The van der Waals surface area contributed by atoms with Crippen molar-refractivity contribution >= 4 is 11.9 Å². The summed E-state index contributed by atoms with van der Waals surface area (Å²) in [5.41, 5.74) is 1.70. The van der Waals surface area contributed by atoms with E-state index in [0.717, 1.165) is 11.3 Å². The number of aromatic nitrogens is 3. The van der Waals surface area contributed by atoms with E-state index in [0.29, 0.717) is 11.3 Å². The Morgan fingerprint density at radius 3 is 2.57 bits per heavy atom. The minimum absolute atomic E-state index is 0.224. The van der Waals surface area contributed by atoms with Crippen molar-refractivity contribution in [1.82, 2.24) is 14.8 Å². The number of ketones is 1. The molecule has 0 bridgehead atoms. The normalized spacial score (nSPS) is 11.1. The van der Waals surface area contributed by atoms with Crippen molar-refractivity contribution in [2.75, 3.05) is 0 Å². The van der Waals surface area contributed by atoms with Crippen LogP contribution in [0.4, 0.5) is 0 Å². The molecule has 0 atom stereocenters. The molecule has 0 amide bonds. The number of pyridine rings is 1. The number of hydrogen-bond acceptors (Lipinski definition) is 6. The third kappa shape index (κ3) is 3.81. The Morgan fingerprint density at radius 2 is 1.87 bits per heavy atom. The van der Waals surface area contributed by atoms with Crippen LogP contribution in [0, 0.1) is 6.92 Å². The Bertz CT molecular complexity index is 1290. The van der Waals surface area contributed by atoms with Gasteiger partial charge in [0.15, 0.2) is 5.78 Å². The number of hydrogen-bond donors (Lipinski definition) is 1. The van der Waals surface area contributed by atoms with Crippen LogP contribution in [0.25, 0.3) is 23.0 Å². The molecule has 3 heterocycles. The first-order chi connectivity index (χ1) is 14.5. The minimum Gasteiger partial charge on any atom is -0.507 e. The Kier molecular flexibility index (Phi) is 5.09. The Labute approximate surface area is 171 Å². The fourth-order valence-electron chi connectivity index (χ4n) is 3.03. The Balaban J connectivity index is 1.76. The molecule has 4 rings (SSSR count). The Morgan fingerprint density at radius 1 is 1.13 bits per heavy atom. The van der Waals surface area contributed by atoms with Crippen LogP contribution in [0.15, 0.2) is 82.4 Å². The van der Waals surface area contributed by atoms with Gasteiger partial charge in [0.25, 0.3) is 0 Å². The van der Waals surface area contributed by atoms with E-state index in [4.69, 9.17) is 4.42 Å². The highest BCUT2D eigenvalue weighted by Gasteiger charge is 2.17. The van der Waals surface area contributed by atoms with E-state index in [9.17, 15) is 14.7 Å². The summed E-state index contributed by atoms with van der Waals surface area (Å²) in [4.78, 5) is 28.6. The summed E-state index contributed by atoms with van der Waals surface area (Å²) < 4.78 is 6.63. The van der Waals surface area contributed by atoms with Crippen molar-refractivity contribution in [1.29, 1.82) is 0 Å². The van der Waals surface area contributed by atoms with Gasteiger partial charge in [0.2, 0.25) is 0 Å². The number of allylic oxidation sites excluding steroid dienone is 1. The standard InChI is InChI=1S/C23H17N3O4/c1-15-13-20(28)21(23(29)30-15)19(27)8-7-17-14-26(18-5-3-2-4-6-18)25-22(17)16-9-11-24-12-10-16/h2-14,28H,1H3/b8-7+. The maximum atomic E-state index is 12.6. The highest BCUT2D eigenvalue weighted by molar-refractivity contribution is 6.08. The molecule has 0 aliphatic heterocycles. The van der Waals surface area contributed by atoms with Crippen LogP contribution in [-0.2, 0) is 0 Å². The molecule has 0 radical (unpaired) electrons. The molecule has 148 valence electrons. The van der Waals surface area contributed by atoms with Crippen molar-refractivity contribution in [2.24, 2.45) is 0 Å². The van der Waals surface area contributed by atoms with E-state index in [-0.39, 0.29) is 5.76 Å². The number of benzene rings is 1. The number of para-hydroxylation sites is 1. The molecule has 0 unspecified atom stereocenters. The molecule has 0 spiro atoms. The lowest BCUT2D eigenvalue weighted by molar-refractivity contribution is 0.104.